The van der Waals surface area contributed by atoms with Gasteiger partial charge in [-0.05, 0) is 12.0 Å². The summed E-state index contributed by atoms with van der Waals surface area (Å²) in [6.45, 7) is 1.64. The number of rotatable bonds is 4. The van der Waals surface area contributed by atoms with Crippen molar-refractivity contribution in [2.45, 2.75) is 24.5 Å². The lowest BCUT2D eigenvalue weighted by atomic mass is 10.1. The van der Waals surface area contributed by atoms with Crippen molar-refractivity contribution in [2.75, 3.05) is 5.75 Å². The lowest BCUT2D eigenvalue weighted by Gasteiger charge is -2.00. The first-order chi connectivity index (χ1) is 7.95. The van der Waals surface area contributed by atoms with Gasteiger partial charge in [0.25, 0.3) is 5.69 Å². The number of nitrogens with zero attached hydrogens (tertiary/aromatic N) is 1. The Morgan fingerprint density at radius 1 is 1.35 bits per heavy atom. The van der Waals surface area contributed by atoms with Crippen LogP contribution in [0.25, 0.3) is 0 Å². The summed E-state index contributed by atoms with van der Waals surface area (Å²) in [4.78, 5) is 10.0. The monoisotopic (exact) mass is 255 g/mol. The van der Waals surface area contributed by atoms with E-state index in [9.17, 15) is 18.5 Å². The maximum atomic E-state index is 11.6. The standard InChI is InChI=1S/C11H13NO4S/c1-2-17(15,16)11-7-10(11)8-3-5-9(6-4-8)12(13)14/h3-6,10-11H,2,7H2,1H3. The molecule has 1 aliphatic rings. The Labute approximate surface area is 99.5 Å². The molecule has 1 fully saturated rings. The summed E-state index contributed by atoms with van der Waals surface area (Å²) < 4.78 is 23.2. The van der Waals surface area contributed by atoms with Crippen molar-refractivity contribution in [1.82, 2.24) is 0 Å². The van der Waals surface area contributed by atoms with E-state index in [1.54, 1.807) is 19.1 Å². The predicted molar refractivity (Wildman–Crippen MR) is 63.7 cm³/mol. The van der Waals surface area contributed by atoms with Gasteiger partial charge in [0.1, 0.15) is 0 Å². The van der Waals surface area contributed by atoms with Crippen molar-refractivity contribution in [3.8, 4) is 0 Å². The third-order valence-corrected chi connectivity index (χ3v) is 5.38. The zero-order chi connectivity index (χ0) is 12.6. The Hall–Kier alpha value is -1.43. The first-order valence-electron chi connectivity index (χ1n) is 5.41. The molecular formula is C11H13NO4S. The number of nitro groups is 1. The molecule has 92 valence electrons. The van der Waals surface area contributed by atoms with Crippen LogP contribution in [0.15, 0.2) is 24.3 Å². The quantitative estimate of drug-likeness (QED) is 0.608. The van der Waals surface area contributed by atoms with Crippen LogP contribution >= 0.6 is 0 Å². The summed E-state index contributed by atoms with van der Waals surface area (Å²) in [5.41, 5.74) is 0.905. The Balaban J connectivity index is 2.14. The van der Waals surface area contributed by atoms with Crippen molar-refractivity contribution in [3.05, 3.63) is 39.9 Å². The summed E-state index contributed by atoms with van der Waals surface area (Å²) >= 11 is 0. The van der Waals surface area contributed by atoms with E-state index in [4.69, 9.17) is 0 Å². The molecule has 0 amide bonds. The van der Waals surface area contributed by atoms with Crippen LogP contribution in [-0.4, -0.2) is 24.3 Å². The number of non-ortho nitro benzene ring substituents is 1. The molecule has 5 nitrogen and oxygen atoms in total. The topological polar surface area (TPSA) is 77.3 Å². The van der Waals surface area contributed by atoms with Gasteiger partial charge in [-0.15, -0.1) is 0 Å². The van der Waals surface area contributed by atoms with Gasteiger partial charge in [-0.3, -0.25) is 10.1 Å². The van der Waals surface area contributed by atoms with E-state index in [1.165, 1.54) is 12.1 Å². The van der Waals surface area contributed by atoms with Crippen molar-refractivity contribution in [3.63, 3.8) is 0 Å². The molecule has 0 spiro atoms. The first-order valence-corrected chi connectivity index (χ1v) is 7.13. The van der Waals surface area contributed by atoms with E-state index in [1.807, 2.05) is 0 Å². The second-order valence-corrected chi connectivity index (χ2v) is 6.69. The number of hydrogen-bond donors (Lipinski definition) is 0. The fourth-order valence-corrected chi connectivity index (χ4v) is 3.56. The Bertz CT molecular complexity index is 535. The largest absolute Gasteiger partial charge is 0.269 e. The van der Waals surface area contributed by atoms with Crippen LogP contribution in [-0.2, 0) is 9.84 Å². The molecule has 0 aliphatic heterocycles. The molecule has 1 saturated carbocycles. The summed E-state index contributed by atoms with van der Waals surface area (Å²) in [5.74, 6) is 0.169. The van der Waals surface area contributed by atoms with Gasteiger partial charge in [-0.1, -0.05) is 19.1 Å². The van der Waals surface area contributed by atoms with E-state index in [2.05, 4.69) is 0 Å². The summed E-state index contributed by atoms with van der Waals surface area (Å²) in [5, 5.41) is 10.2. The van der Waals surface area contributed by atoms with Crippen molar-refractivity contribution >= 4 is 15.5 Å². The highest BCUT2D eigenvalue weighted by Gasteiger charge is 2.46. The molecule has 2 unspecified atom stereocenters. The van der Waals surface area contributed by atoms with Gasteiger partial charge in [-0.25, -0.2) is 8.42 Å². The summed E-state index contributed by atoms with van der Waals surface area (Å²) in [6, 6.07) is 6.13. The third kappa shape index (κ3) is 2.31. The normalized spacial score (nSPS) is 23.4. The highest BCUT2D eigenvalue weighted by Crippen LogP contribution is 2.46. The van der Waals surface area contributed by atoms with Gasteiger partial charge >= 0.3 is 0 Å². The smallest absolute Gasteiger partial charge is 0.258 e. The van der Waals surface area contributed by atoms with Gasteiger partial charge in [0.05, 0.1) is 10.2 Å². The molecule has 0 aromatic heterocycles. The number of hydrogen-bond acceptors (Lipinski definition) is 4. The number of sulfone groups is 1. The van der Waals surface area contributed by atoms with Crippen LogP contribution in [0.2, 0.25) is 0 Å². The SMILES string of the molecule is CCS(=O)(=O)C1CC1c1ccc([N+](=O)[O-])cc1. The van der Waals surface area contributed by atoms with Crippen LogP contribution in [0.3, 0.4) is 0 Å². The zero-order valence-corrected chi connectivity index (χ0v) is 10.2. The van der Waals surface area contributed by atoms with E-state index >= 15 is 0 Å². The number of nitro benzene ring substituents is 1. The fourth-order valence-electron chi connectivity index (χ4n) is 1.98. The molecule has 1 aromatic carbocycles. The Morgan fingerprint density at radius 3 is 2.41 bits per heavy atom. The van der Waals surface area contributed by atoms with Crippen molar-refractivity contribution < 1.29 is 13.3 Å². The average molecular weight is 255 g/mol. The number of benzene rings is 1. The molecule has 0 heterocycles. The molecule has 0 bridgehead atoms. The molecular weight excluding hydrogens is 242 g/mol. The minimum Gasteiger partial charge on any atom is -0.258 e. The molecule has 0 N–H and O–H groups in total. The predicted octanol–water partition coefficient (Wildman–Crippen LogP) is 1.89. The Kier molecular flexibility index (Phi) is 2.91. The molecule has 1 aliphatic carbocycles. The molecule has 6 heteroatoms. The average Bonchev–Trinajstić information content (AvgIpc) is 3.10. The second-order valence-electron chi connectivity index (χ2n) is 4.18. The summed E-state index contributed by atoms with van der Waals surface area (Å²) in [7, 11) is -2.98. The summed E-state index contributed by atoms with van der Waals surface area (Å²) in [6.07, 6.45) is 0.633. The van der Waals surface area contributed by atoms with Gasteiger partial charge in [0.2, 0.25) is 0 Å². The molecule has 0 saturated heterocycles. The molecule has 17 heavy (non-hydrogen) atoms. The molecule has 2 atom stereocenters. The van der Waals surface area contributed by atoms with Gasteiger partial charge in [0.15, 0.2) is 9.84 Å². The zero-order valence-electron chi connectivity index (χ0n) is 9.37. The van der Waals surface area contributed by atoms with Gasteiger partial charge < -0.3 is 0 Å². The third-order valence-electron chi connectivity index (χ3n) is 3.13. The first kappa shape index (κ1) is 12.0. The lowest BCUT2D eigenvalue weighted by molar-refractivity contribution is -0.384. The second kappa shape index (κ2) is 4.10. The minimum atomic E-state index is -2.98. The van der Waals surface area contributed by atoms with Crippen LogP contribution in [0.4, 0.5) is 5.69 Å². The van der Waals surface area contributed by atoms with Gasteiger partial charge in [0, 0.05) is 23.8 Å². The van der Waals surface area contributed by atoms with E-state index < -0.39 is 14.8 Å². The highest BCUT2D eigenvalue weighted by atomic mass is 32.2. The molecule has 0 radical (unpaired) electrons. The van der Waals surface area contributed by atoms with Crippen LogP contribution in [0.1, 0.15) is 24.8 Å². The van der Waals surface area contributed by atoms with Crippen LogP contribution in [0, 0.1) is 10.1 Å². The van der Waals surface area contributed by atoms with E-state index in [0.29, 0.717) is 6.42 Å². The van der Waals surface area contributed by atoms with Crippen LogP contribution < -0.4 is 0 Å². The van der Waals surface area contributed by atoms with Crippen molar-refractivity contribution in [2.24, 2.45) is 0 Å². The maximum absolute atomic E-state index is 11.6. The fraction of sp³-hybridized carbons (Fsp3) is 0.455. The lowest BCUT2D eigenvalue weighted by Crippen LogP contribution is -2.10. The minimum absolute atomic E-state index is 0.0146. The molecule has 1 aromatic rings. The highest BCUT2D eigenvalue weighted by molar-refractivity contribution is 7.92. The maximum Gasteiger partial charge on any atom is 0.269 e. The van der Waals surface area contributed by atoms with Crippen LogP contribution in [0.5, 0.6) is 0 Å². The van der Waals surface area contributed by atoms with E-state index in [0.717, 1.165) is 5.56 Å². The molecule has 2 rings (SSSR count). The van der Waals surface area contributed by atoms with Crippen molar-refractivity contribution in [1.29, 1.82) is 0 Å². The Morgan fingerprint density at radius 2 is 1.94 bits per heavy atom. The van der Waals surface area contributed by atoms with Gasteiger partial charge in [-0.2, -0.15) is 0 Å². The van der Waals surface area contributed by atoms with E-state index in [-0.39, 0.29) is 22.6 Å².